The van der Waals surface area contributed by atoms with Gasteiger partial charge < -0.3 is 5.11 Å². The van der Waals surface area contributed by atoms with Gasteiger partial charge in [-0.2, -0.15) is 0 Å². The summed E-state index contributed by atoms with van der Waals surface area (Å²) in [5, 5.41) is 10.1. The lowest BCUT2D eigenvalue weighted by atomic mass is 9.99. The molecule has 19 heavy (non-hydrogen) atoms. The monoisotopic (exact) mass is 318 g/mol. The van der Waals surface area contributed by atoms with E-state index in [1.165, 1.54) is 16.7 Å². The number of hydrogen-bond donors (Lipinski definition) is 1. The molecule has 2 heteroatoms. The molecule has 0 radical (unpaired) electrons. The first-order valence-electron chi connectivity index (χ1n) is 6.62. The number of hydrogen-bond acceptors (Lipinski definition) is 1. The number of halogens is 1. The summed E-state index contributed by atoms with van der Waals surface area (Å²) in [6.07, 6.45) is 2.17. The molecule has 1 unspecified atom stereocenters. The highest BCUT2D eigenvalue weighted by Crippen LogP contribution is 2.16. The molecule has 1 atom stereocenters. The molecule has 1 N–H and O–H groups in total. The van der Waals surface area contributed by atoms with Crippen molar-refractivity contribution in [3.8, 4) is 0 Å². The largest absolute Gasteiger partial charge is 0.393 e. The summed E-state index contributed by atoms with van der Waals surface area (Å²) < 4.78 is 1.07. The maximum atomic E-state index is 10.1. The lowest BCUT2D eigenvalue weighted by molar-refractivity contribution is 0.165. The molecule has 2 aromatic rings. The Morgan fingerprint density at radius 2 is 1.89 bits per heavy atom. The van der Waals surface area contributed by atoms with Gasteiger partial charge in [0.05, 0.1) is 6.10 Å². The number of rotatable bonds is 5. The summed E-state index contributed by atoms with van der Waals surface area (Å²) in [7, 11) is 0. The molecular formula is C17H19BrO. The van der Waals surface area contributed by atoms with E-state index in [1.807, 2.05) is 12.1 Å². The Morgan fingerprint density at radius 1 is 1.11 bits per heavy atom. The molecule has 0 amide bonds. The molecule has 0 heterocycles. The minimum absolute atomic E-state index is 0.283. The van der Waals surface area contributed by atoms with Gasteiger partial charge in [0.2, 0.25) is 0 Å². The minimum atomic E-state index is -0.283. The van der Waals surface area contributed by atoms with Gasteiger partial charge in [0, 0.05) is 4.47 Å². The van der Waals surface area contributed by atoms with E-state index in [1.54, 1.807) is 0 Å². The molecule has 0 aliphatic heterocycles. The number of aliphatic hydroxyl groups excluding tert-OH is 1. The Balaban J connectivity index is 1.88. The van der Waals surface area contributed by atoms with Crippen LogP contribution >= 0.6 is 15.9 Å². The predicted octanol–water partition coefficient (Wildman–Crippen LogP) is 4.29. The first-order chi connectivity index (χ1) is 9.15. The predicted molar refractivity (Wildman–Crippen MR) is 83.4 cm³/mol. The van der Waals surface area contributed by atoms with Crippen LogP contribution in [0.5, 0.6) is 0 Å². The molecule has 0 spiro atoms. The Labute approximate surface area is 123 Å². The zero-order valence-electron chi connectivity index (χ0n) is 11.1. The molecule has 0 aliphatic rings. The zero-order valence-corrected chi connectivity index (χ0v) is 12.7. The van der Waals surface area contributed by atoms with E-state index in [2.05, 4.69) is 59.3 Å². The molecule has 0 saturated carbocycles. The Bertz CT molecular complexity index is 536. The van der Waals surface area contributed by atoms with E-state index in [-0.39, 0.29) is 6.10 Å². The Morgan fingerprint density at radius 3 is 2.63 bits per heavy atom. The Hall–Kier alpha value is -1.12. The second-order valence-corrected chi connectivity index (χ2v) is 5.87. The zero-order chi connectivity index (χ0) is 13.7. The third-order valence-corrected chi connectivity index (χ3v) is 3.86. The second kappa shape index (κ2) is 6.88. The molecule has 100 valence electrons. The maximum absolute atomic E-state index is 10.1. The average molecular weight is 319 g/mol. The van der Waals surface area contributed by atoms with Gasteiger partial charge in [0.1, 0.15) is 0 Å². The maximum Gasteiger partial charge on any atom is 0.0583 e. The van der Waals surface area contributed by atoms with Crippen LogP contribution in [0, 0.1) is 6.92 Å². The van der Waals surface area contributed by atoms with Crippen LogP contribution in [0.4, 0.5) is 0 Å². The van der Waals surface area contributed by atoms with Crippen LogP contribution in [0.1, 0.15) is 23.1 Å². The van der Waals surface area contributed by atoms with E-state index in [0.717, 1.165) is 17.3 Å². The number of aryl methyl sites for hydroxylation is 2. The molecule has 0 fully saturated rings. The van der Waals surface area contributed by atoms with Crippen molar-refractivity contribution in [3.63, 3.8) is 0 Å². The molecular weight excluding hydrogens is 300 g/mol. The summed E-state index contributed by atoms with van der Waals surface area (Å²) in [4.78, 5) is 0. The van der Waals surface area contributed by atoms with Gasteiger partial charge in [-0.05, 0) is 55.0 Å². The van der Waals surface area contributed by atoms with Crippen LogP contribution in [0.2, 0.25) is 0 Å². The van der Waals surface area contributed by atoms with Gasteiger partial charge in [-0.1, -0.05) is 52.3 Å². The normalized spacial score (nSPS) is 12.4. The van der Waals surface area contributed by atoms with Crippen molar-refractivity contribution in [3.05, 3.63) is 69.7 Å². The highest BCUT2D eigenvalue weighted by molar-refractivity contribution is 9.10. The first-order valence-corrected chi connectivity index (χ1v) is 7.41. The molecule has 0 aromatic heterocycles. The highest BCUT2D eigenvalue weighted by atomic mass is 79.9. The van der Waals surface area contributed by atoms with Crippen molar-refractivity contribution in [2.24, 2.45) is 0 Å². The molecule has 0 bridgehead atoms. The van der Waals surface area contributed by atoms with Crippen LogP contribution in [0.15, 0.2) is 53.0 Å². The van der Waals surface area contributed by atoms with Gasteiger partial charge in [-0.3, -0.25) is 0 Å². The third kappa shape index (κ3) is 4.48. The molecule has 2 aromatic carbocycles. The number of aliphatic hydroxyl groups is 1. The fourth-order valence-corrected chi connectivity index (χ4v) is 2.70. The van der Waals surface area contributed by atoms with Gasteiger partial charge in [-0.15, -0.1) is 0 Å². The topological polar surface area (TPSA) is 20.2 Å². The standard InChI is InChI=1S/C17H19BrO/c1-13-5-2-3-7-15(13)9-10-17(19)12-14-6-4-8-16(18)11-14/h2-8,11,17,19H,9-10,12H2,1H3. The quantitative estimate of drug-likeness (QED) is 0.871. The van der Waals surface area contributed by atoms with E-state index >= 15 is 0 Å². The van der Waals surface area contributed by atoms with Crippen molar-refractivity contribution in [1.82, 2.24) is 0 Å². The lowest BCUT2D eigenvalue weighted by Crippen LogP contribution is -2.12. The third-order valence-electron chi connectivity index (χ3n) is 3.37. The lowest BCUT2D eigenvalue weighted by Gasteiger charge is -2.12. The molecule has 1 nitrogen and oxygen atoms in total. The van der Waals surface area contributed by atoms with Gasteiger partial charge in [-0.25, -0.2) is 0 Å². The molecule has 0 saturated heterocycles. The van der Waals surface area contributed by atoms with Gasteiger partial charge >= 0.3 is 0 Å². The fraction of sp³-hybridized carbons (Fsp3) is 0.294. The second-order valence-electron chi connectivity index (χ2n) is 4.95. The highest BCUT2D eigenvalue weighted by Gasteiger charge is 2.07. The van der Waals surface area contributed by atoms with Crippen molar-refractivity contribution in [1.29, 1.82) is 0 Å². The first kappa shape index (κ1) is 14.3. The van der Waals surface area contributed by atoms with Crippen LogP contribution in [0.3, 0.4) is 0 Å². The van der Waals surface area contributed by atoms with E-state index < -0.39 is 0 Å². The van der Waals surface area contributed by atoms with Gasteiger partial charge in [0.25, 0.3) is 0 Å². The van der Waals surface area contributed by atoms with E-state index in [4.69, 9.17) is 0 Å². The SMILES string of the molecule is Cc1ccccc1CCC(O)Cc1cccc(Br)c1. The van der Waals surface area contributed by atoms with Crippen LogP contribution in [-0.4, -0.2) is 11.2 Å². The van der Waals surface area contributed by atoms with Crippen LogP contribution in [-0.2, 0) is 12.8 Å². The van der Waals surface area contributed by atoms with Crippen molar-refractivity contribution in [2.75, 3.05) is 0 Å². The molecule has 0 aliphatic carbocycles. The van der Waals surface area contributed by atoms with Crippen LogP contribution < -0.4 is 0 Å². The van der Waals surface area contributed by atoms with Gasteiger partial charge in [0.15, 0.2) is 0 Å². The van der Waals surface area contributed by atoms with E-state index in [9.17, 15) is 5.11 Å². The smallest absolute Gasteiger partial charge is 0.0583 e. The minimum Gasteiger partial charge on any atom is -0.393 e. The number of benzene rings is 2. The Kier molecular flexibility index (Phi) is 5.17. The van der Waals surface area contributed by atoms with Crippen molar-refractivity contribution < 1.29 is 5.11 Å². The molecule has 2 rings (SSSR count). The van der Waals surface area contributed by atoms with Crippen LogP contribution in [0.25, 0.3) is 0 Å². The summed E-state index contributed by atoms with van der Waals surface area (Å²) in [6, 6.07) is 16.5. The summed E-state index contributed by atoms with van der Waals surface area (Å²) in [6.45, 7) is 2.12. The van der Waals surface area contributed by atoms with Crippen molar-refractivity contribution in [2.45, 2.75) is 32.3 Å². The fourth-order valence-electron chi connectivity index (χ4n) is 2.25. The van der Waals surface area contributed by atoms with Crippen molar-refractivity contribution >= 4 is 15.9 Å². The van der Waals surface area contributed by atoms with E-state index in [0.29, 0.717) is 6.42 Å². The summed E-state index contributed by atoms with van der Waals surface area (Å²) >= 11 is 3.46. The average Bonchev–Trinajstić information content (AvgIpc) is 2.38. The summed E-state index contributed by atoms with van der Waals surface area (Å²) in [5.74, 6) is 0. The summed E-state index contributed by atoms with van der Waals surface area (Å²) in [5.41, 5.74) is 3.81.